The zero-order valence-corrected chi connectivity index (χ0v) is 19.8. The number of nitrogens with zero attached hydrogens (tertiary/aromatic N) is 3. The second kappa shape index (κ2) is 9.13. The molecule has 1 atom stereocenters. The van der Waals surface area contributed by atoms with Crippen molar-refractivity contribution in [3.05, 3.63) is 83.7 Å². The number of amides is 2. The Morgan fingerprint density at radius 1 is 0.943 bits per heavy atom. The van der Waals surface area contributed by atoms with Crippen molar-refractivity contribution in [2.24, 2.45) is 7.05 Å². The van der Waals surface area contributed by atoms with E-state index in [-0.39, 0.29) is 17.9 Å². The fraction of sp³-hybridized carbons (Fsp3) is 0.222. The molecule has 0 radical (unpaired) electrons. The molecule has 1 unspecified atom stereocenters. The Hall–Kier alpha value is -4.33. The highest BCUT2D eigenvalue weighted by Crippen LogP contribution is 2.36. The zero-order chi connectivity index (χ0) is 24.5. The van der Waals surface area contributed by atoms with Crippen LogP contribution in [-0.2, 0) is 7.05 Å². The van der Waals surface area contributed by atoms with Crippen LogP contribution >= 0.6 is 0 Å². The number of ether oxygens (including phenoxy) is 2. The van der Waals surface area contributed by atoms with Gasteiger partial charge in [-0.05, 0) is 47.5 Å². The van der Waals surface area contributed by atoms with E-state index in [1.165, 1.54) is 7.11 Å². The number of anilines is 1. The normalized spacial score (nSPS) is 14.9. The van der Waals surface area contributed by atoms with Gasteiger partial charge in [0.25, 0.3) is 11.8 Å². The maximum atomic E-state index is 13.4. The molecule has 1 N–H and O–H groups in total. The Balaban J connectivity index is 1.40. The number of aryl methyl sites for hydroxylation is 1. The number of nitrogens with one attached hydrogen (secondary N) is 1. The van der Waals surface area contributed by atoms with Gasteiger partial charge >= 0.3 is 0 Å². The first-order valence-corrected chi connectivity index (χ1v) is 11.4. The third-order valence-corrected chi connectivity index (χ3v) is 6.42. The van der Waals surface area contributed by atoms with Crippen molar-refractivity contribution in [2.45, 2.75) is 12.5 Å². The first-order valence-electron chi connectivity index (χ1n) is 11.4. The summed E-state index contributed by atoms with van der Waals surface area (Å²) in [4.78, 5) is 28.2. The van der Waals surface area contributed by atoms with Crippen LogP contribution < -0.4 is 19.7 Å². The van der Waals surface area contributed by atoms with Gasteiger partial charge in [0.15, 0.2) is 11.5 Å². The van der Waals surface area contributed by atoms with Gasteiger partial charge in [-0.2, -0.15) is 5.10 Å². The minimum atomic E-state index is -0.272. The Kier molecular flexibility index (Phi) is 5.86. The average Bonchev–Trinajstić information content (AvgIpc) is 3.29. The highest BCUT2D eigenvalue weighted by atomic mass is 16.5. The minimum absolute atomic E-state index is 0.160. The number of aromatic nitrogens is 2. The van der Waals surface area contributed by atoms with Gasteiger partial charge in [0.2, 0.25) is 0 Å². The van der Waals surface area contributed by atoms with Gasteiger partial charge in [-0.15, -0.1) is 0 Å². The second-order valence-corrected chi connectivity index (χ2v) is 8.44. The van der Waals surface area contributed by atoms with Gasteiger partial charge in [-0.3, -0.25) is 14.3 Å². The highest BCUT2D eigenvalue weighted by molar-refractivity contribution is 6.07. The van der Waals surface area contributed by atoms with E-state index in [1.54, 1.807) is 41.1 Å². The smallest absolute Gasteiger partial charge is 0.258 e. The molecule has 0 bridgehead atoms. The minimum Gasteiger partial charge on any atom is -0.493 e. The number of benzene rings is 3. The monoisotopic (exact) mass is 470 g/mol. The van der Waals surface area contributed by atoms with Crippen LogP contribution in [-0.4, -0.2) is 42.4 Å². The lowest BCUT2D eigenvalue weighted by atomic mass is 10.0. The summed E-state index contributed by atoms with van der Waals surface area (Å²) in [6.45, 7) is 0.439. The SMILES string of the molecule is COc1ccc(C(=O)N2CCC(NC(=O)c3ccc4ccccc4c3)c3c2cnn3C)cc1OC. The number of carbonyl (C=O) groups is 2. The van der Waals surface area contributed by atoms with Gasteiger partial charge in [0, 0.05) is 24.7 Å². The molecular formula is C27H26N4O4. The van der Waals surface area contributed by atoms with Crippen molar-refractivity contribution < 1.29 is 19.1 Å². The van der Waals surface area contributed by atoms with E-state index < -0.39 is 0 Å². The van der Waals surface area contributed by atoms with Gasteiger partial charge in [-0.1, -0.05) is 30.3 Å². The van der Waals surface area contributed by atoms with Crippen molar-refractivity contribution in [1.82, 2.24) is 15.1 Å². The Morgan fingerprint density at radius 2 is 1.69 bits per heavy atom. The van der Waals surface area contributed by atoms with Gasteiger partial charge in [0.05, 0.1) is 37.8 Å². The summed E-state index contributed by atoms with van der Waals surface area (Å²) in [6.07, 6.45) is 2.23. The molecule has 0 saturated heterocycles. The van der Waals surface area contributed by atoms with E-state index in [9.17, 15) is 9.59 Å². The molecule has 3 aromatic carbocycles. The molecule has 1 aliphatic heterocycles. The van der Waals surface area contributed by atoms with Gasteiger partial charge < -0.3 is 19.7 Å². The van der Waals surface area contributed by atoms with E-state index in [2.05, 4.69) is 10.4 Å². The van der Waals surface area contributed by atoms with Crippen molar-refractivity contribution in [2.75, 3.05) is 25.7 Å². The fourth-order valence-corrected chi connectivity index (χ4v) is 4.61. The molecule has 2 amide bonds. The molecule has 5 rings (SSSR count). The maximum Gasteiger partial charge on any atom is 0.258 e. The summed E-state index contributed by atoms with van der Waals surface area (Å²) in [5.74, 6) is 0.718. The van der Waals surface area contributed by atoms with Crippen LogP contribution in [0.2, 0.25) is 0 Å². The van der Waals surface area contributed by atoms with Crippen molar-refractivity contribution in [3.8, 4) is 11.5 Å². The predicted octanol–water partition coefficient (Wildman–Crippen LogP) is 4.11. The van der Waals surface area contributed by atoms with E-state index >= 15 is 0 Å². The highest BCUT2D eigenvalue weighted by Gasteiger charge is 2.33. The number of rotatable bonds is 5. The number of methoxy groups -OCH3 is 2. The van der Waals surface area contributed by atoms with Crippen LogP contribution in [0.1, 0.15) is 38.9 Å². The third-order valence-electron chi connectivity index (χ3n) is 6.42. The molecule has 4 aromatic rings. The van der Waals surface area contributed by atoms with Crippen molar-refractivity contribution in [1.29, 1.82) is 0 Å². The number of carbonyl (C=O) groups excluding carboxylic acids is 2. The average molecular weight is 471 g/mol. The summed E-state index contributed by atoms with van der Waals surface area (Å²) < 4.78 is 12.4. The van der Waals surface area contributed by atoms with Crippen LogP contribution in [0, 0.1) is 0 Å². The third kappa shape index (κ3) is 4.07. The lowest BCUT2D eigenvalue weighted by Crippen LogP contribution is -2.41. The summed E-state index contributed by atoms with van der Waals surface area (Å²) in [5, 5.41) is 9.62. The molecule has 2 heterocycles. The van der Waals surface area contributed by atoms with Gasteiger partial charge in [0.1, 0.15) is 0 Å². The van der Waals surface area contributed by atoms with E-state index in [4.69, 9.17) is 9.47 Å². The number of hydrogen-bond donors (Lipinski definition) is 1. The molecule has 1 aliphatic rings. The lowest BCUT2D eigenvalue weighted by Gasteiger charge is -2.32. The van der Waals surface area contributed by atoms with Crippen molar-refractivity contribution >= 4 is 28.3 Å². The number of fused-ring (bicyclic) bond motifs is 2. The topological polar surface area (TPSA) is 85.7 Å². The van der Waals surface area contributed by atoms with Gasteiger partial charge in [-0.25, -0.2) is 0 Å². The molecule has 0 fully saturated rings. The second-order valence-electron chi connectivity index (χ2n) is 8.44. The first-order chi connectivity index (χ1) is 17.0. The largest absolute Gasteiger partial charge is 0.493 e. The molecule has 8 nitrogen and oxygen atoms in total. The molecule has 35 heavy (non-hydrogen) atoms. The van der Waals surface area contributed by atoms with Crippen LogP contribution in [0.5, 0.6) is 11.5 Å². The lowest BCUT2D eigenvalue weighted by molar-refractivity contribution is 0.0931. The summed E-state index contributed by atoms with van der Waals surface area (Å²) in [7, 11) is 4.91. The summed E-state index contributed by atoms with van der Waals surface area (Å²) >= 11 is 0. The quantitative estimate of drug-likeness (QED) is 0.474. The molecule has 178 valence electrons. The van der Waals surface area contributed by atoms with Crippen LogP contribution in [0.15, 0.2) is 66.9 Å². The summed E-state index contributed by atoms with van der Waals surface area (Å²) in [6, 6.07) is 18.4. The van der Waals surface area contributed by atoms with E-state index in [0.29, 0.717) is 41.3 Å². The Bertz CT molecular complexity index is 1430. The summed E-state index contributed by atoms with van der Waals surface area (Å²) in [5.41, 5.74) is 2.55. The fourth-order valence-electron chi connectivity index (χ4n) is 4.61. The zero-order valence-electron chi connectivity index (χ0n) is 19.8. The molecular weight excluding hydrogens is 444 g/mol. The standard InChI is InChI=1S/C27H26N4O4/c1-30-25-21(29-26(32)19-9-8-17-6-4-5-7-18(17)14-19)12-13-31(22(25)16-28-30)27(33)20-10-11-23(34-2)24(15-20)35-3/h4-11,14-16,21H,12-13H2,1-3H3,(H,29,32). The maximum absolute atomic E-state index is 13.4. The van der Waals surface area contributed by atoms with Crippen LogP contribution in [0.25, 0.3) is 10.8 Å². The first kappa shape index (κ1) is 22.5. The predicted molar refractivity (Wildman–Crippen MR) is 133 cm³/mol. The Labute approximate surface area is 203 Å². The molecule has 8 heteroatoms. The molecule has 0 saturated carbocycles. The number of hydrogen-bond acceptors (Lipinski definition) is 5. The van der Waals surface area contributed by atoms with Crippen LogP contribution in [0.3, 0.4) is 0 Å². The van der Waals surface area contributed by atoms with E-state index in [1.807, 2.05) is 49.5 Å². The van der Waals surface area contributed by atoms with Crippen molar-refractivity contribution in [3.63, 3.8) is 0 Å². The van der Waals surface area contributed by atoms with Crippen LogP contribution in [0.4, 0.5) is 5.69 Å². The molecule has 1 aromatic heterocycles. The molecule has 0 aliphatic carbocycles. The van der Waals surface area contributed by atoms with E-state index in [0.717, 1.165) is 16.5 Å². The Morgan fingerprint density at radius 3 is 2.46 bits per heavy atom. The molecule has 0 spiro atoms.